The van der Waals surface area contributed by atoms with E-state index < -0.39 is 5.60 Å². The van der Waals surface area contributed by atoms with E-state index in [-0.39, 0.29) is 0 Å². The molecule has 2 aliphatic carbocycles. The minimum atomic E-state index is -0.568. The van der Waals surface area contributed by atoms with Crippen molar-refractivity contribution in [3.63, 3.8) is 0 Å². The zero-order valence-corrected chi connectivity index (χ0v) is 13.6. The van der Waals surface area contributed by atoms with Gasteiger partial charge in [0.15, 0.2) is 0 Å². The minimum absolute atomic E-state index is 0.358. The van der Waals surface area contributed by atoms with Crippen molar-refractivity contribution in [1.29, 1.82) is 0 Å². The van der Waals surface area contributed by atoms with Gasteiger partial charge >= 0.3 is 0 Å². The van der Waals surface area contributed by atoms with Gasteiger partial charge in [0, 0.05) is 24.6 Å². The molecule has 118 valence electrons. The van der Waals surface area contributed by atoms with E-state index in [1.54, 1.807) is 0 Å². The Kier molecular flexibility index (Phi) is 5.49. The van der Waals surface area contributed by atoms with E-state index in [1.807, 2.05) is 6.92 Å². The maximum absolute atomic E-state index is 10.3. The third-order valence-corrected chi connectivity index (χ3v) is 5.46. The average molecular weight is 283 g/mol. The van der Waals surface area contributed by atoms with Crippen molar-refractivity contribution in [2.75, 3.05) is 13.2 Å². The Morgan fingerprint density at radius 3 is 2.55 bits per heavy atom. The third-order valence-electron chi connectivity index (χ3n) is 5.46. The van der Waals surface area contributed by atoms with Crippen LogP contribution >= 0.6 is 0 Å². The molecule has 0 aromatic heterocycles. The Morgan fingerprint density at radius 2 is 1.95 bits per heavy atom. The summed E-state index contributed by atoms with van der Waals surface area (Å²) in [5.41, 5.74) is -0.210. The summed E-state index contributed by atoms with van der Waals surface area (Å²) in [5, 5.41) is 14.0. The first-order chi connectivity index (χ1) is 9.54. The fraction of sp³-hybridized carbons (Fsp3) is 1.00. The first-order valence-electron chi connectivity index (χ1n) is 8.61. The zero-order valence-electron chi connectivity index (χ0n) is 13.6. The van der Waals surface area contributed by atoms with Gasteiger partial charge in [-0.1, -0.05) is 32.6 Å². The van der Waals surface area contributed by atoms with E-state index in [4.69, 9.17) is 4.74 Å². The van der Waals surface area contributed by atoms with Crippen molar-refractivity contribution in [3.05, 3.63) is 0 Å². The molecule has 0 bridgehead atoms. The van der Waals surface area contributed by atoms with Crippen molar-refractivity contribution >= 4 is 0 Å². The lowest BCUT2D eigenvalue weighted by Gasteiger charge is -2.58. The predicted octanol–water partition coefficient (Wildman–Crippen LogP) is 3.26. The second kappa shape index (κ2) is 6.76. The molecule has 0 aromatic carbocycles. The van der Waals surface area contributed by atoms with Gasteiger partial charge in [-0.2, -0.15) is 0 Å². The Labute approximate surface area is 124 Å². The van der Waals surface area contributed by atoms with Crippen LogP contribution in [0.5, 0.6) is 0 Å². The van der Waals surface area contributed by atoms with Crippen molar-refractivity contribution in [3.8, 4) is 0 Å². The third kappa shape index (κ3) is 3.37. The molecule has 3 unspecified atom stereocenters. The van der Waals surface area contributed by atoms with Gasteiger partial charge in [0.05, 0.1) is 11.7 Å². The molecule has 2 fully saturated rings. The largest absolute Gasteiger partial charge is 0.389 e. The van der Waals surface area contributed by atoms with Crippen molar-refractivity contribution in [1.82, 2.24) is 5.32 Å². The summed E-state index contributed by atoms with van der Waals surface area (Å²) in [6.45, 7) is 7.73. The molecule has 0 heterocycles. The summed E-state index contributed by atoms with van der Waals surface area (Å²) in [6.07, 6.45) is 10.1. The van der Waals surface area contributed by atoms with Gasteiger partial charge in [0.2, 0.25) is 0 Å². The van der Waals surface area contributed by atoms with Crippen LogP contribution in [0.4, 0.5) is 0 Å². The van der Waals surface area contributed by atoms with Crippen molar-refractivity contribution in [2.45, 2.75) is 89.9 Å². The molecule has 3 nitrogen and oxygen atoms in total. The zero-order chi connectivity index (χ0) is 14.6. The summed E-state index contributed by atoms with van der Waals surface area (Å²) in [6, 6.07) is 0.544. The second-order valence-electron chi connectivity index (χ2n) is 7.15. The van der Waals surface area contributed by atoms with Crippen LogP contribution in [0, 0.1) is 5.41 Å². The first-order valence-corrected chi connectivity index (χ1v) is 8.61. The fourth-order valence-corrected chi connectivity index (χ4v) is 4.32. The van der Waals surface area contributed by atoms with Gasteiger partial charge in [0.25, 0.3) is 0 Å². The monoisotopic (exact) mass is 283 g/mol. The van der Waals surface area contributed by atoms with E-state index in [2.05, 4.69) is 19.2 Å². The molecule has 2 saturated carbocycles. The topological polar surface area (TPSA) is 41.5 Å². The van der Waals surface area contributed by atoms with E-state index >= 15 is 0 Å². The molecular weight excluding hydrogens is 250 g/mol. The molecule has 0 radical (unpaired) electrons. The second-order valence-corrected chi connectivity index (χ2v) is 7.15. The Morgan fingerprint density at radius 1 is 1.25 bits per heavy atom. The minimum Gasteiger partial charge on any atom is -0.389 e. The summed E-state index contributed by atoms with van der Waals surface area (Å²) < 4.78 is 5.98. The molecule has 2 N–H and O–H groups in total. The highest BCUT2D eigenvalue weighted by Crippen LogP contribution is 2.53. The van der Waals surface area contributed by atoms with Crippen LogP contribution in [0.2, 0.25) is 0 Å². The lowest BCUT2D eigenvalue weighted by atomic mass is 9.55. The molecule has 3 atom stereocenters. The lowest BCUT2D eigenvalue weighted by Crippen LogP contribution is -2.65. The van der Waals surface area contributed by atoms with E-state index in [0.717, 1.165) is 25.9 Å². The standard InChI is InChI=1S/C17H33NO2/c1-4-9-16(3,19)13-18-14-12-15(20-5-2)17(14)10-7-6-8-11-17/h14-15,18-19H,4-13H2,1-3H3. The van der Waals surface area contributed by atoms with Gasteiger partial charge in [-0.05, 0) is 39.5 Å². The van der Waals surface area contributed by atoms with Gasteiger partial charge in [-0.25, -0.2) is 0 Å². The molecule has 2 aliphatic rings. The number of hydrogen-bond donors (Lipinski definition) is 2. The Hall–Kier alpha value is -0.120. The number of ether oxygens (including phenoxy) is 1. The number of rotatable bonds is 7. The van der Waals surface area contributed by atoms with E-state index in [0.29, 0.717) is 24.1 Å². The van der Waals surface area contributed by atoms with Crippen LogP contribution in [0.1, 0.15) is 72.1 Å². The smallest absolute Gasteiger partial charge is 0.0743 e. The van der Waals surface area contributed by atoms with Crippen LogP contribution in [-0.2, 0) is 4.74 Å². The lowest BCUT2D eigenvalue weighted by molar-refractivity contribution is -0.152. The maximum Gasteiger partial charge on any atom is 0.0743 e. The first kappa shape index (κ1) is 16.3. The highest BCUT2D eigenvalue weighted by atomic mass is 16.5. The molecule has 0 aliphatic heterocycles. The van der Waals surface area contributed by atoms with Crippen LogP contribution in [-0.4, -0.2) is 36.0 Å². The van der Waals surface area contributed by atoms with Crippen LogP contribution in [0.3, 0.4) is 0 Å². The molecule has 2 rings (SSSR count). The van der Waals surface area contributed by atoms with Gasteiger partial charge < -0.3 is 15.2 Å². The Bertz CT molecular complexity index is 297. The molecule has 0 aromatic rings. The highest BCUT2D eigenvalue weighted by Gasteiger charge is 2.55. The van der Waals surface area contributed by atoms with E-state index in [9.17, 15) is 5.11 Å². The van der Waals surface area contributed by atoms with Gasteiger partial charge in [-0.3, -0.25) is 0 Å². The fourth-order valence-electron chi connectivity index (χ4n) is 4.32. The molecular formula is C17H33NO2. The quantitative estimate of drug-likeness (QED) is 0.753. The van der Waals surface area contributed by atoms with Crippen molar-refractivity contribution in [2.24, 2.45) is 5.41 Å². The molecule has 0 saturated heterocycles. The highest BCUT2D eigenvalue weighted by molar-refractivity contribution is 5.09. The number of hydrogen-bond acceptors (Lipinski definition) is 3. The summed E-state index contributed by atoms with van der Waals surface area (Å²) in [4.78, 5) is 0. The summed E-state index contributed by atoms with van der Waals surface area (Å²) in [7, 11) is 0. The Balaban J connectivity index is 1.91. The number of nitrogens with one attached hydrogen (secondary N) is 1. The average Bonchev–Trinajstić information content (AvgIpc) is 2.42. The van der Waals surface area contributed by atoms with Gasteiger partial charge in [-0.15, -0.1) is 0 Å². The number of aliphatic hydroxyl groups is 1. The summed E-state index contributed by atoms with van der Waals surface area (Å²) in [5.74, 6) is 0. The van der Waals surface area contributed by atoms with Gasteiger partial charge in [0.1, 0.15) is 0 Å². The molecule has 1 spiro atoms. The molecule has 0 amide bonds. The molecule has 3 heteroatoms. The maximum atomic E-state index is 10.3. The summed E-state index contributed by atoms with van der Waals surface area (Å²) >= 11 is 0. The van der Waals surface area contributed by atoms with Crippen LogP contribution in [0.15, 0.2) is 0 Å². The van der Waals surface area contributed by atoms with Crippen LogP contribution in [0.25, 0.3) is 0 Å². The predicted molar refractivity (Wildman–Crippen MR) is 82.9 cm³/mol. The van der Waals surface area contributed by atoms with Crippen LogP contribution < -0.4 is 5.32 Å². The normalized spacial score (nSPS) is 31.8. The van der Waals surface area contributed by atoms with E-state index in [1.165, 1.54) is 32.1 Å². The molecule has 20 heavy (non-hydrogen) atoms. The van der Waals surface area contributed by atoms with Crippen molar-refractivity contribution < 1.29 is 9.84 Å². The SMILES string of the molecule is CCCC(C)(O)CNC1CC(OCC)C12CCCCC2.